The van der Waals surface area contributed by atoms with E-state index in [1.807, 2.05) is 6.92 Å². The Balaban J connectivity index is 2.34. The van der Waals surface area contributed by atoms with E-state index in [-0.39, 0.29) is 24.1 Å². The SMILES string of the molecule is CCC(CCO)NC(=O)c1cc(F)cc2cccnc12. The fourth-order valence-electron chi connectivity index (χ4n) is 2.13. The Morgan fingerprint density at radius 3 is 3.00 bits per heavy atom. The van der Waals surface area contributed by atoms with Crippen LogP contribution < -0.4 is 5.32 Å². The lowest BCUT2D eigenvalue weighted by Crippen LogP contribution is -2.35. The summed E-state index contributed by atoms with van der Waals surface area (Å²) in [5.41, 5.74) is 0.697. The molecule has 0 spiro atoms. The van der Waals surface area contributed by atoms with Crippen LogP contribution in [0.25, 0.3) is 10.9 Å². The molecule has 0 saturated heterocycles. The van der Waals surface area contributed by atoms with Crippen LogP contribution in [0.4, 0.5) is 4.39 Å². The molecule has 4 nitrogen and oxygen atoms in total. The van der Waals surface area contributed by atoms with E-state index in [1.54, 1.807) is 18.3 Å². The molecule has 0 radical (unpaired) electrons. The third kappa shape index (κ3) is 3.11. The first-order chi connectivity index (χ1) is 9.65. The third-order valence-corrected chi connectivity index (χ3v) is 3.22. The summed E-state index contributed by atoms with van der Waals surface area (Å²) in [6.07, 6.45) is 2.75. The molecular formula is C15H17FN2O2. The molecule has 1 atom stereocenters. The zero-order valence-corrected chi connectivity index (χ0v) is 11.3. The largest absolute Gasteiger partial charge is 0.396 e. The van der Waals surface area contributed by atoms with Crippen LogP contribution in [-0.2, 0) is 0 Å². The molecule has 0 aliphatic rings. The molecule has 106 valence electrons. The van der Waals surface area contributed by atoms with Crippen molar-refractivity contribution in [3.05, 3.63) is 41.8 Å². The Labute approximate surface area is 116 Å². The summed E-state index contributed by atoms with van der Waals surface area (Å²) < 4.78 is 13.6. The topological polar surface area (TPSA) is 62.2 Å². The van der Waals surface area contributed by atoms with Crippen LogP contribution in [0.3, 0.4) is 0 Å². The maximum Gasteiger partial charge on any atom is 0.253 e. The molecule has 5 heteroatoms. The van der Waals surface area contributed by atoms with Gasteiger partial charge < -0.3 is 10.4 Å². The fourth-order valence-corrected chi connectivity index (χ4v) is 2.13. The van der Waals surface area contributed by atoms with Crippen molar-refractivity contribution in [2.45, 2.75) is 25.8 Å². The molecule has 20 heavy (non-hydrogen) atoms. The second-order valence-electron chi connectivity index (χ2n) is 4.62. The van der Waals surface area contributed by atoms with E-state index in [0.29, 0.717) is 23.7 Å². The maximum absolute atomic E-state index is 13.6. The Hall–Kier alpha value is -2.01. The van der Waals surface area contributed by atoms with Crippen molar-refractivity contribution in [2.75, 3.05) is 6.61 Å². The van der Waals surface area contributed by atoms with Gasteiger partial charge in [0.15, 0.2) is 0 Å². The summed E-state index contributed by atoms with van der Waals surface area (Å²) in [4.78, 5) is 16.4. The number of benzene rings is 1. The van der Waals surface area contributed by atoms with Gasteiger partial charge in [-0.15, -0.1) is 0 Å². The van der Waals surface area contributed by atoms with Gasteiger partial charge in [-0.05, 0) is 31.0 Å². The highest BCUT2D eigenvalue weighted by Gasteiger charge is 2.16. The van der Waals surface area contributed by atoms with E-state index in [1.165, 1.54) is 12.1 Å². The minimum Gasteiger partial charge on any atom is -0.396 e. The maximum atomic E-state index is 13.6. The lowest BCUT2D eigenvalue weighted by atomic mass is 10.1. The smallest absolute Gasteiger partial charge is 0.253 e. The molecule has 2 N–H and O–H groups in total. The highest BCUT2D eigenvalue weighted by Crippen LogP contribution is 2.18. The molecule has 1 heterocycles. The number of nitrogens with one attached hydrogen (secondary N) is 1. The van der Waals surface area contributed by atoms with Gasteiger partial charge >= 0.3 is 0 Å². The molecule has 0 bridgehead atoms. The van der Waals surface area contributed by atoms with Crippen LogP contribution in [0.15, 0.2) is 30.5 Å². The van der Waals surface area contributed by atoms with Gasteiger partial charge in [-0.2, -0.15) is 0 Å². The van der Waals surface area contributed by atoms with Crippen molar-refractivity contribution < 1.29 is 14.3 Å². The number of aliphatic hydroxyl groups excluding tert-OH is 1. The zero-order chi connectivity index (χ0) is 14.5. The molecule has 0 aliphatic carbocycles. The lowest BCUT2D eigenvalue weighted by molar-refractivity contribution is 0.0930. The number of pyridine rings is 1. The monoisotopic (exact) mass is 276 g/mol. The summed E-state index contributed by atoms with van der Waals surface area (Å²) >= 11 is 0. The average Bonchev–Trinajstić information content (AvgIpc) is 2.45. The number of carbonyl (C=O) groups excluding carboxylic acids is 1. The number of hydrogen-bond donors (Lipinski definition) is 2. The van der Waals surface area contributed by atoms with Gasteiger partial charge in [-0.1, -0.05) is 13.0 Å². The van der Waals surface area contributed by atoms with Crippen LogP contribution in [0.5, 0.6) is 0 Å². The summed E-state index contributed by atoms with van der Waals surface area (Å²) in [7, 11) is 0. The summed E-state index contributed by atoms with van der Waals surface area (Å²) in [6.45, 7) is 1.92. The highest BCUT2D eigenvalue weighted by atomic mass is 19.1. The number of nitrogens with zero attached hydrogens (tertiary/aromatic N) is 1. The number of carbonyl (C=O) groups is 1. The molecule has 2 aromatic rings. The first-order valence-electron chi connectivity index (χ1n) is 6.61. The molecule has 0 saturated carbocycles. The predicted octanol–water partition coefficient (Wildman–Crippen LogP) is 2.26. The molecule has 1 aromatic heterocycles. The van der Waals surface area contributed by atoms with Crippen molar-refractivity contribution in [2.24, 2.45) is 0 Å². The van der Waals surface area contributed by atoms with E-state index in [2.05, 4.69) is 10.3 Å². The van der Waals surface area contributed by atoms with Gasteiger partial charge in [0.05, 0.1) is 11.1 Å². The number of aromatic nitrogens is 1. The quantitative estimate of drug-likeness (QED) is 0.880. The number of halogens is 1. The van der Waals surface area contributed by atoms with Crippen molar-refractivity contribution in [1.29, 1.82) is 0 Å². The summed E-state index contributed by atoms with van der Waals surface area (Å²) in [6, 6.07) is 5.83. The van der Waals surface area contributed by atoms with Gasteiger partial charge in [0.25, 0.3) is 5.91 Å². The van der Waals surface area contributed by atoms with Crippen LogP contribution in [0.2, 0.25) is 0 Å². The molecule has 1 amide bonds. The van der Waals surface area contributed by atoms with Gasteiger partial charge in [0.1, 0.15) is 5.82 Å². The number of amides is 1. The number of rotatable bonds is 5. The Morgan fingerprint density at radius 1 is 1.50 bits per heavy atom. The fraction of sp³-hybridized carbons (Fsp3) is 0.333. The van der Waals surface area contributed by atoms with Crippen LogP contribution in [-0.4, -0.2) is 28.6 Å². The summed E-state index contributed by atoms with van der Waals surface area (Å²) in [5.74, 6) is -0.834. The highest BCUT2D eigenvalue weighted by molar-refractivity contribution is 6.05. The Bertz CT molecular complexity index is 616. The second-order valence-corrected chi connectivity index (χ2v) is 4.62. The second kappa shape index (κ2) is 6.43. The average molecular weight is 276 g/mol. The van der Waals surface area contributed by atoms with Crippen LogP contribution in [0, 0.1) is 5.82 Å². The molecule has 0 fully saturated rings. The van der Waals surface area contributed by atoms with E-state index < -0.39 is 5.82 Å². The van der Waals surface area contributed by atoms with Crippen molar-refractivity contribution in [3.8, 4) is 0 Å². The van der Waals surface area contributed by atoms with E-state index in [9.17, 15) is 9.18 Å². The third-order valence-electron chi connectivity index (χ3n) is 3.22. The van der Waals surface area contributed by atoms with E-state index in [0.717, 1.165) is 0 Å². The van der Waals surface area contributed by atoms with Crippen molar-refractivity contribution in [1.82, 2.24) is 10.3 Å². The first kappa shape index (κ1) is 14.4. The molecule has 1 unspecified atom stereocenters. The van der Waals surface area contributed by atoms with Gasteiger partial charge in [-0.25, -0.2) is 4.39 Å². The Kier molecular flexibility index (Phi) is 4.63. The molecular weight excluding hydrogens is 259 g/mol. The van der Waals surface area contributed by atoms with E-state index in [4.69, 9.17) is 5.11 Å². The number of hydrogen-bond acceptors (Lipinski definition) is 3. The molecule has 0 aliphatic heterocycles. The standard InChI is InChI=1S/C15H17FN2O2/c1-2-12(5-7-19)18-15(20)13-9-11(16)8-10-4-3-6-17-14(10)13/h3-4,6,8-9,12,19H,2,5,7H2,1H3,(H,18,20). The first-order valence-corrected chi connectivity index (χ1v) is 6.61. The minimum absolute atomic E-state index is 0.000928. The number of fused-ring (bicyclic) bond motifs is 1. The zero-order valence-electron chi connectivity index (χ0n) is 11.3. The minimum atomic E-state index is -0.467. The normalized spacial score (nSPS) is 12.3. The van der Waals surface area contributed by atoms with Gasteiger partial charge in [0.2, 0.25) is 0 Å². The van der Waals surface area contributed by atoms with Gasteiger partial charge in [-0.3, -0.25) is 9.78 Å². The predicted molar refractivity (Wildman–Crippen MR) is 74.9 cm³/mol. The molecule has 2 rings (SSSR count). The summed E-state index contributed by atoms with van der Waals surface area (Å²) in [5, 5.41) is 12.3. The van der Waals surface area contributed by atoms with Crippen molar-refractivity contribution >= 4 is 16.8 Å². The Morgan fingerprint density at radius 2 is 2.30 bits per heavy atom. The lowest BCUT2D eigenvalue weighted by Gasteiger charge is -2.16. The molecule has 1 aromatic carbocycles. The van der Waals surface area contributed by atoms with Crippen LogP contribution in [0.1, 0.15) is 30.1 Å². The van der Waals surface area contributed by atoms with Crippen LogP contribution >= 0.6 is 0 Å². The van der Waals surface area contributed by atoms with Gasteiger partial charge in [0, 0.05) is 24.2 Å². The number of aliphatic hydroxyl groups is 1. The van der Waals surface area contributed by atoms with Crippen molar-refractivity contribution in [3.63, 3.8) is 0 Å². The van der Waals surface area contributed by atoms with E-state index >= 15 is 0 Å².